The number of nitrogens with zero attached hydrogens (tertiary/aromatic N) is 1. The lowest BCUT2D eigenvalue weighted by atomic mass is 10.1. The molecule has 0 aliphatic heterocycles. The first-order chi connectivity index (χ1) is 10.6. The maximum Gasteiger partial charge on any atom is 0.247 e. The molecule has 0 spiro atoms. The number of benzene rings is 1. The van der Waals surface area contributed by atoms with Gasteiger partial charge >= 0.3 is 0 Å². The summed E-state index contributed by atoms with van der Waals surface area (Å²) in [7, 11) is 0. The molecule has 1 unspecified atom stereocenters. The number of rotatable bonds is 4. The highest BCUT2D eigenvalue weighted by atomic mass is 35.5. The van der Waals surface area contributed by atoms with Gasteiger partial charge in [-0.1, -0.05) is 17.7 Å². The summed E-state index contributed by atoms with van der Waals surface area (Å²) in [6, 6.07) is 9.36. The van der Waals surface area contributed by atoms with Crippen LogP contribution in [0.1, 0.15) is 24.5 Å². The van der Waals surface area contributed by atoms with Crippen LogP contribution in [0.15, 0.2) is 36.5 Å². The van der Waals surface area contributed by atoms with Crippen molar-refractivity contribution in [2.75, 3.05) is 10.6 Å². The number of hydrogen-bond donors (Lipinski definition) is 2. The Morgan fingerprint density at radius 2 is 2.05 bits per heavy atom. The fourth-order valence-corrected chi connectivity index (χ4v) is 2.77. The van der Waals surface area contributed by atoms with Gasteiger partial charge in [0.25, 0.3) is 0 Å². The molecule has 1 aliphatic carbocycles. The Bertz CT molecular complexity index is 685. The van der Waals surface area contributed by atoms with Crippen molar-refractivity contribution in [3.05, 3.63) is 52.7 Å². The molecule has 5 heteroatoms. The average Bonchev–Trinajstić information content (AvgIpc) is 2.97. The normalized spacial score (nSPS) is 14.3. The van der Waals surface area contributed by atoms with E-state index in [0.717, 1.165) is 18.5 Å². The molecule has 2 N–H and O–H groups in total. The molecule has 1 heterocycles. The fraction of sp³-hybridized carbons (Fsp3) is 0.294. The van der Waals surface area contributed by atoms with Gasteiger partial charge in [0.05, 0.1) is 5.02 Å². The Labute approximate surface area is 134 Å². The molecule has 0 saturated carbocycles. The van der Waals surface area contributed by atoms with Gasteiger partial charge in [-0.15, -0.1) is 0 Å². The third-order valence-electron chi connectivity index (χ3n) is 3.85. The molecule has 0 fully saturated rings. The molecule has 3 rings (SSSR count). The molecule has 0 radical (unpaired) electrons. The number of halogens is 1. The van der Waals surface area contributed by atoms with E-state index in [1.165, 1.54) is 23.7 Å². The summed E-state index contributed by atoms with van der Waals surface area (Å²) in [6.45, 7) is 1.83. The van der Waals surface area contributed by atoms with E-state index >= 15 is 0 Å². The summed E-state index contributed by atoms with van der Waals surface area (Å²) in [6.07, 6.45) is 5.01. The summed E-state index contributed by atoms with van der Waals surface area (Å²) in [5.74, 6) is 0.368. The van der Waals surface area contributed by atoms with Crippen molar-refractivity contribution in [2.45, 2.75) is 32.2 Å². The molecule has 1 atom stereocenters. The van der Waals surface area contributed by atoms with E-state index in [1.807, 2.05) is 13.0 Å². The van der Waals surface area contributed by atoms with Crippen LogP contribution in [0.4, 0.5) is 11.5 Å². The van der Waals surface area contributed by atoms with Gasteiger partial charge < -0.3 is 10.6 Å². The highest BCUT2D eigenvalue weighted by Crippen LogP contribution is 2.25. The van der Waals surface area contributed by atoms with Gasteiger partial charge in [0, 0.05) is 11.9 Å². The molecule has 0 bridgehead atoms. The Balaban J connectivity index is 1.62. The molecule has 22 heavy (non-hydrogen) atoms. The summed E-state index contributed by atoms with van der Waals surface area (Å²) in [5.41, 5.74) is 3.79. The standard InChI is InChI=1S/C17H18ClN3O/c1-11(17(22)21-16-8-6-14(18)10-19-16)20-15-7-5-12-3-2-4-13(12)9-15/h5-11,20H,2-4H2,1H3,(H,19,21,22). The van der Waals surface area contributed by atoms with Crippen LogP contribution >= 0.6 is 11.6 Å². The Morgan fingerprint density at radius 1 is 1.23 bits per heavy atom. The number of aryl methyl sites for hydroxylation is 2. The number of pyridine rings is 1. The van der Waals surface area contributed by atoms with Crippen molar-refractivity contribution in [3.63, 3.8) is 0 Å². The molecular formula is C17H18ClN3O. The van der Waals surface area contributed by atoms with Gasteiger partial charge in [-0.05, 0) is 61.6 Å². The summed E-state index contributed by atoms with van der Waals surface area (Å²) in [4.78, 5) is 16.3. The summed E-state index contributed by atoms with van der Waals surface area (Å²) in [5, 5.41) is 6.55. The molecule has 1 aliphatic rings. The Hall–Kier alpha value is -2.07. The second-order valence-corrected chi connectivity index (χ2v) is 5.99. The van der Waals surface area contributed by atoms with Crippen molar-refractivity contribution < 1.29 is 4.79 Å². The van der Waals surface area contributed by atoms with Crippen LogP contribution in [0.25, 0.3) is 0 Å². The van der Waals surface area contributed by atoms with Crippen LogP contribution in [0, 0.1) is 0 Å². The van der Waals surface area contributed by atoms with Gasteiger partial charge in [-0.25, -0.2) is 4.98 Å². The summed E-state index contributed by atoms with van der Waals surface area (Å²) < 4.78 is 0. The van der Waals surface area contributed by atoms with Crippen LogP contribution in [0.2, 0.25) is 5.02 Å². The van der Waals surface area contributed by atoms with Gasteiger partial charge in [-0.2, -0.15) is 0 Å². The minimum Gasteiger partial charge on any atom is -0.374 e. The first-order valence-electron chi connectivity index (χ1n) is 7.42. The molecule has 1 amide bonds. The lowest BCUT2D eigenvalue weighted by Gasteiger charge is -2.16. The largest absolute Gasteiger partial charge is 0.374 e. The van der Waals surface area contributed by atoms with Crippen LogP contribution in [0.5, 0.6) is 0 Å². The molecule has 0 saturated heterocycles. The van der Waals surface area contributed by atoms with E-state index < -0.39 is 0 Å². The predicted octanol–water partition coefficient (Wildman–Crippen LogP) is 3.66. The van der Waals surface area contributed by atoms with Crippen LogP contribution in [-0.2, 0) is 17.6 Å². The SMILES string of the molecule is CC(Nc1ccc2c(c1)CCC2)C(=O)Nc1ccc(Cl)cn1. The highest BCUT2D eigenvalue weighted by Gasteiger charge is 2.15. The first-order valence-corrected chi connectivity index (χ1v) is 7.80. The van der Waals surface area contributed by atoms with Crippen molar-refractivity contribution in [2.24, 2.45) is 0 Å². The van der Waals surface area contributed by atoms with Crippen molar-refractivity contribution in [1.82, 2.24) is 4.98 Å². The number of aromatic nitrogens is 1. The lowest BCUT2D eigenvalue weighted by molar-refractivity contribution is -0.116. The Morgan fingerprint density at radius 3 is 2.82 bits per heavy atom. The number of carbonyl (C=O) groups excluding carboxylic acids is 1. The lowest BCUT2D eigenvalue weighted by Crippen LogP contribution is -2.32. The summed E-state index contributed by atoms with van der Waals surface area (Å²) >= 11 is 5.78. The smallest absolute Gasteiger partial charge is 0.247 e. The predicted molar refractivity (Wildman–Crippen MR) is 89.4 cm³/mol. The van der Waals surface area contributed by atoms with Crippen molar-refractivity contribution in [1.29, 1.82) is 0 Å². The number of amides is 1. The Kier molecular flexibility index (Phi) is 4.29. The number of carbonyl (C=O) groups is 1. The van der Waals surface area contributed by atoms with E-state index in [2.05, 4.69) is 27.8 Å². The van der Waals surface area contributed by atoms with Crippen LogP contribution in [0.3, 0.4) is 0 Å². The molecule has 2 aromatic rings. The maximum absolute atomic E-state index is 12.2. The van der Waals surface area contributed by atoms with Crippen LogP contribution < -0.4 is 10.6 Å². The van der Waals surface area contributed by atoms with Crippen LogP contribution in [-0.4, -0.2) is 16.9 Å². The van der Waals surface area contributed by atoms with Gasteiger partial charge in [-0.3, -0.25) is 4.79 Å². The molecule has 1 aromatic carbocycles. The number of anilines is 2. The second-order valence-electron chi connectivity index (χ2n) is 5.55. The fourth-order valence-electron chi connectivity index (χ4n) is 2.66. The third-order valence-corrected chi connectivity index (χ3v) is 4.08. The zero-order valence-corrected chi connectivity index (χ0v) is 13.2. The zero-order chi connectivity index (χ0) is 15.5. The molecule has 114 valence electrons. The van der Waals surface area contributed by atoms with E-state index in [1.54, 1.807) is 12.1 Å². The van der Waals surface area contributed by atoms with Crippen molar-refractivity contribution >= 4 is 29.0 Å². The topological polar surface area (TPSA) is 54.0 Å². The first kappa shape index (κ1) is 14.9. The molecule has 4 nitrogen and oxygen atoms in total. The zero-order valence-electron chi connectivity index (χ0n) is 12.4. The molecule has 1 aromatic heterocycles. The monoisotopic (exact) mass is 315 g/mol. The van der Waals surface area contributed by atoms with Gasteiger partial charge in [0.15, 0.2) is 0 Å². The average molecular weight is 316 g/mol. The third kappa shape index (κ3) is 3.39. The van der Waals surface area contributed by atoms with E-state index in [-0.39, 0.29) is 11.9 Å². The quantitative estimate of drug-likeness (QED) is 0.905. The van der Waals surface area contributed by atoms with Gasteiger partial charge in [0.1, 0.15) is 11.9 Å². The number of hydrogen-bond acceptors (Lipinski definition) is 3. The second kappa shape index (κ2) is 6.36. The van der Waals surface area contributed by atoms with Gasteiger partial charge in [0.2, 0.25) is 5.91 Å². The number of nitrogens with one attached hydrogen (secondary N) is 2. The number of fused-ring (bicyclic) bond motifs is 1. The van der Waals surface area contributed by atoms with Crippen molar-refractivity contribution in [3.8, 4) is 0 Å². The maximum atomic E-state index is 12.2. The minimum absolute atomic E-state index is 0.129. The van der Waals surface area contributed by atoms with E-state index in [9.17, 15) is 4.79 Å². The van der Waals surface area contributed by atoms with E-state index in [0.29, 0.717) is 10.8 Å². The van der Waals surface area contributed by atoms with E-state index in [4.69, 9.17) is 11.6 Å². The minimum atomic E-state index is -0.350. The molecular weight excluding hydrogens is 298 g/mol. The highest BCUT2D eigenvalue weighted by molar-refractivity contribution is 6.30.